The minimum atomic E-state index is -0.525. The molecular weight excluding hydrogens is 368 g/mol. The molecule has 1 saturated heterocycles. The molecule has 4 rings (SSSR count). The maximum absolute atomic E-state index is 13.6. The zero-order chi connectivity index (χ0) is 19.7. The van der Waals surface area contributed by atoms with Crippen LogP contribution in [-0.2, 0) is 16.1 Å². The van der Waals surface area contributed by atoms with E-state index in [4.69, 9.17) is 0 Å². The van der Waals surface area contributed by atoms with Gasteiger partial charge in [-0.25, -0.2) is 0 Å². The lowest BCUT2D eigenvalue weighted by Crippen LogP contribution is -2.58. The third kappa shape index (κ3) is 3.86. The van der Waals surface area contributed by atoms with Crippen molar-refractivity contribution in [3.05, 3.63) is 57.8 Å². The standard InChI is InChI=1S/C23H28N2O2S/c1-16-5-9-18(10-6-16)22-23(27)24(19-11-7-17(2)8-12-19)15-21(26)25(22)14-20-4-3-13-28-20/h3-6,9-10,13,17,19,22H,7-8,11-12,14-15H2,1-2H3. The Kier molecular flexibility index (Phi) is 5.54. The van der Waals surface area contributed by atoms with Gasteiger partial charge in [0.05, 0.1) is 6.54 Å². The van der Waals surface area contributed by atoms with Crippen molar-refractivity contribution in [2.45, 2.75) is 58.2 Å². The number of thiophene rings is 1. The van der Waals surface area contributed by atoms with Crippen LogP contribution in [0.25, 0.3) is 0 Å². The predicted octanol–water partition coefficient (Wildman–Crippen LogP) is 4.55. The molecule has 1 atom stereocenters. The maximum Gasteiger partial charge on any atom is 0.250 e. The number of benzene rings is 1. The number of hydrogen-bond donors (Lipinski definition) is 0. The zero-order valence-corrected chi connectivity index (χ0v) is 17.5. The minimum absolute atomic E-state index is 0.0530. The Morgan fingerprint density at radius 1 is 1.04 bits per heavy atom. The lowest BCUT2D eigenvalue weighted by atomic mass is 9.85. The summed E-state index contributed by atoms with van der Waals surface area (Å²) in [6.07, 6.45) is 4.28. The van der Waals surface area contributed by atoms with Crippen molar-refractivity contribution in [3.63, 3.8) is 0 Å². The Labute approximate surface area is 171 Å². The van der Waals surface area contributed by atoms with E-state index in [9.17, 15) is 9.59 Å². The second-order valence-electron chi connectivity index (χ2n) is 8.29. The zero-order valence-electron chi connectivity index (χ0n) is 16.6. The van der Waals surface area contributed by atoms with Crippen LogP contribution in [0, 0.1) is 12.8 Å². The molecule has 1 aliphatic heterocycles. The molecule has 2 aliphatic rings. The number of hydrogen-bond acceptors (Lipinski definition) is 3. The van der Waals surface area contributed by atoms with Gasteiger partial charge in [0.25, 0.3) is 5.91 Å². The van der Waals surface area contributed by atoms with Gasteiger partial charge in [0, 0.05) is 10.9 Å². The number of piperazine rings is 1. The van der Waals surface area contributed by atoms with Gasteiger partial charge in [0.15, 0.2) is 0 Å². The summed E-state index contributed by atoms with van der Waals surface area (Å²) in [6, 6.07) is 11.7. The van der Waals surface area contributed by atoms with E-state index in [-0.39, 0.29) is 24.4 Å². The fraction of sp³-hybridized carbons (Fsp3) is 0.478. The smallest absolute Gasteiger partial charge is 0.250 e. The molecule has 0 spiro atoms. The first-order valence-electron chi connectivity index (χ1n) is 10.2. The second kappa shape index (κ2) is 8.08. The molecule has 2 fully saturated rings. The van der Waals surface area contributed by atoms with Crippen molar-refractivity contribution in [1.29, 1.82) is 0 Å². The van der Waals surface area contributed by atoms with Crippen molar-refractivity contribution in [2.24, 2.45) is 5.92 Å². The summed E-state index contributed by atoms with van der Waals surface area (Å²) in [5.41, 5.74) is 2.07. The van der Waals surface area contributed by atoms with E-state index in [1.165, 1.54) is 0 Å². The molecule has 1 saturated carbocycles. The predicted molar refractivity (Wildman–Crippen MR) is 112 cm³/mol. The number of carbonyl (C=O) groups is 2. The summed E-state index contributed by atoms with van der Waals surface area (Å²) >= 11 is 1.63. The molecule has 2 heterocycles. The fourth-order valence-electron chi connectivity index (χ4n) is 4.43. The van der Waals surface area contributed by atoms with Crippen LogP contribution in [0.3, 0.4) is 0 Å². The third-order valence-corrected chi connectivity index (χ3v) is 7.04. The van der Waals surface area contributed by atoms with E-state index in [2.05, 4.69) is 6.92 Å². The molecule has 1 aromatic heterocycles. The van der Waals surface area contributed by atoms with Crippen molar-refractivity contribution < 1.29 is 9.59 Å². The second-order valence-corrected chi connectivity index (χ2v) is 9.33. The Balaban J connectivity index is 1.64. The Morgan fingerprint density at radius 3 is 2.39 bits per heavy atom. The van der Waals surface area contributed by atoms with Crippen molar-refractivity contribution in [3.8, 4) is 0 Å². The van der Waals surface area contributed by atoms with Crippen LogP contribution < -0.4 is 0 Å². The van der Waals surface area contributed by atoms with E-state index in [1.807, 2.05) is 53.6 Å². The summed E-state index contributed by atoms with van der Waals surface area (Å²) in [5, 5.41) is 2.02. The first-order chi connectivity index (χ1) is 13.5. The first-order valence-corrected chi connectivity index (χ1v) is 11.1. The quantitative estimate of drug-likeness (QED) is 0.761. The molecule has 2 amide bonds. The highest BCUT2D eigenvalue weighted by molar-refractivity contribution is 7.09. The largest absolute Gasteiger partial charge is 0.328 e. The van der Waals surface area contributed by atoms with E-state index >= 15 is 0 Å². The summed E-state index contributed by atoms with van der Waals surface area (Å²) < 4.78 is 0. The van der Waals surface area contributed by atoms with Crippen LogP contribution in [0.2, 0.25) is 0 Å². The van der Waals surface area contributed by atoms with E-state index in [0.717, 1.165) is 47.6 Å². The molecule has 1 aromatic carbocycles. The summed E-state index contributed by atoms with van der Waals surface area (Å²) in [4.78, 5) is 31.5. The molecular formula is C23H28N2O2S. The SMILES string of the molecule is Cc1ccc(C2C(=O)N(C3CCC(C)CC3)CC(=O)N2Cc2cccs2)cc1. The average Bonchev–Trinajstić information content (AvgIpc) is 3.20. The highest BCUT2D eigenvalue weighted by Gasteiger charge is 2.43. The van der Waals surface area contributed by atoms with Gasteiger partial charge in [0.2, 0.25) is 5.91 Å². The van der Waals surface area contributed by atoms with Crippen LogP contribution >= 0.6 is 11.3 Å². The van der Waals surface area contributed by atoms with Gasteiger partial charge in [-0.05, 0) is 55.5 Å². The lowest BCUT2D eigenvalue weighted by molar-refractivity contribution is -0.160. The molecule has 1 unspecified atom stereocenters. The van der Waals surface area contributed by atoms with Gasteiger partial charge in [0.1, 0.15) is 12.6 Å². The molecule has 5 heteroatoms. The van der Waals surface area contributed by atoms with Crippen LogP contribution in [0.4, 0.5) is 0 Å². The molecule has 148 valence electrons. The van der Waals surface area contributed by atoms with Crippen molar-refractivity contribution in [1.82, 2.24) is 9.80 Å². The summed E-state index contributed by atoms with van der Waals surface area (Å²) in [5.74, 6) is 0.854. The van der Waals surface area contributed by atoms with Crippen LogP contribution in [0.1, 0.15) is 54.7 Å². The summed E-state index contributed by atoms with van der Waals surface area (Å²) in [7, 11) is 0. The van der Waals surface area contributed by atoms with Crippen LogP contribution in [-0.4, -0.2) is 34.2 Å². The Hall–Kier alpha value is -2.14. The fourth-order valence-corrected chi connectivity index (χ4v) is 5.14. The Bertz CT molecular complexity index is 823. The number of rotatable bonds is 4. The number of nitrogens with zero attached hydrogens (tertiary/aromatic N) is 2. The van der Waals surface area contributed by atoms with Crippen molar-refractivity contribution in [2.75, 3.05) is 6.54 Å². The Morgan fingerprint density at radius 2 is 1.75 bits per heavy atom. The van der Waals surface area contributed by atoms with Gasteiger partial charge in [-0.15, -0.1) is 11.3 Å². The third-order valence-electron chi connectivity index (χ3n) is 6.18. The highest BCUT2D eigenvalue weighted by atomic mass is 32.1. The summed E-state index contributed by atoms with van der Waals surface area (Å²) in [6.45, 7) is 5.02. The van der Waals surface area contributed by atoms with E-state index in [1.54, 1.807) is 16.2 Å². The molecule has 28 heavy (non-hydrogen) atoms. The number of aryl methyl sites for hydroxylation is 1. The monoisotopic (exact) mass is 396 g/mol. The normalized spacial score (nSPS) is 26.0. The number of amides is 2. The highest BCUT2D eigenvalue weighted by Crippen LogP contribution is 2.35. The van der Waals surface area contributed by atoms with E-state index < -0.39 is 6.04 Å². The molecule has 2 aromatic rings. The lowest BCUT2D eigenvalue weighted by Gasteiger charge is -2.45. The molecule has 0 N–H and O–H groups in total. The minimum Gasteiger partial charge on any atom is -0.328 e. The van der Waals surface area contributed by atoms with Gasteiger partial charge in [-0.3, -0.25) is 9.59 Å². The van der Waals surface area contributed by atoms with Gasteiger partial charge in [-0.2, -0.15) is 0 Å². The van der Waals surface area contributed by atoms with Crippen molar-refractivity contribution >= 4 is 23.2 Å². The van der Waals surface area contributed by atoms with Crippen LogP contribution in [0.5, 0.6) is 0 Å². The van der Waals surface area contributed by atoms with E-state index in [0.29, 0.717) is 6.54 Å². The molecule has 0 radical (unpaired) electrons. The molecule has 4 nitrogen and oxygen atoms in total. The average molecular weight is 397 g/mol. The molecule has 1 aliphatic carbocycles. The van der Waals surface area contributed by atoms with Gasteiger partial charge >= 0.3 is 0 Å². The van der Waals surface area contributed by atoms with Gasteiger partial charge in [-0.1, -0.05) is 42.8 Å². The number of carbonyl (C=O) groups excluding carboxylic acids is 2. The maximum atomic E-state index is 13.6. The first kappa shape index (κ1) is 19.2. The van der Waals surface area contributed by atoms with Gasteiger partial charge < -0.3 is 9.80 Å². The topological polar surface area (TPSA) is 40.6 Å². The molecule has 0 bridgehead atoms. The van der Waals surface area contributed by atoms with Crippen LogP contribution in [0.15, 0.2) is 41.8 Å².